The summed E-state index contributed by atoms with van der Waals surface area (Å²) in [5.74, 6) is -0.846. The van der Waals surface area contributed by atoms with E-state index in [0.717, 1.165) is 5.56 Å². The Morgan fingerprint density at radius 3 is 2.23 bits per heavy atom. The maximum absolute atomic E-state index is 11.2. The lowest BCUT2D eigenvalue weighted by Gasteiger charge is -2.06. The van der Waals surface area contributed by atoms with Crippen molar-refractivity contribution in [1.82, 2.24) is 4.52 Å². The number of carbonyl (C=O) groups is 2. The van der Waals surface area contributed by atoms with Gasteiger partial charge in [-0.15, -0.1) is 11.1 Å². The summed E-state index contributed by atoms with van der Waals surface area (Å²) in [6, 6.07) is 7.07. The van der Waals surface area contributed by atoms with Crippen LogP contribution in [0.3, 0.4) is 0 Å². The average Bonchev–Trinajstić information content (AvgIpc) is 2.51. The predicted molar refractivity (Wildman–Crippen MR) is 73.9 cm³/mol. The van der Waals surface area contributed by atoms with Crippen molar-refractivity contribution in [1.29, 1.82) is 0 Å². The fraction of sp³-hybridized carbons (Fsp3) is 0. The van der Waals surface area contributed by atoms with E-state index in [4.69, 9.17) is 11.1 Å². The molecule has 0 saturated carbocycles. The lowest BCUT2D eigenvalue weighted by atomic mass is 9.96. The zero-order valence-electron chi connectivity index (χ0n) is 10.6. The molecule has 0 radical (unpaired) electrons. The summed E-state index contributed by atoms with van der Waals surface area (Å²) in [4.78, 5) is 26.3. The SMILES string of the molecule is O=C1C=Cc2ccccc2C1=O.[N-]=[N+]=NN(N=[N+]=[N-])S(=O)[O-]. The van der Waals surface area contributed by atoms with E-state index in [9.17, 15) is 18.4 Å². The monoisotopic (exact) mass is 320 g/mol. The number of hydrogen-bond acceptors (Lipinski definition) is 6. The molecule has 1 unspecified atom stereocenters. The molecule has 0 bridgehead atoms. The van der Waals surface area contributed by atoms with E-state index in [1.165, 1.54) is 6.08 Å². The molecule has 1 aromatic rings. The third kappa shape index (κ3) is 4.44. The molecule has 112 valence electrons. The topological polar surface area (TPSA) is 175 Å². The number of azide groups is 1. The Morgan fingerprint density at radius 1 is 1.09 bits per heavy atom. The molecule has 1 atom stereocenters. The summed E-state index contributed by atoms with van der Waals surface area (Å²) in [6.45, 7) is 0. The molecule has 0 amide bonds. The minimum atomic E-state index is -2.86. The van der Waals surface area contributed by atoms with Crippen molar-refractivity contribution in [3.05, 3.63) is 62.4 Å². The third-order valence-electron chi connectivity index (χ3n) is 2.21. The van der Waals surface area contributed by atoms with Crippen LogP contribution in [0.4, 0.5) is 0 Å². The number of nitrogens with zero attached hydrogens (tertiary/aromatic N) is 7. The van der Waals surface area contributed by atoms with Crippen LogP contribution in [0.2, 0.25) is 0 Å². The Balaban J connectivity index is 0.000000225. The highest BCUT2D eigenvalue weighted by Crippen LogP contribution is 2.16. The van der Waals surface area contributed by atoms with Gasteiger partial charge in [-0.3, -0.25) is 9.59 Å². The molecule has 0 aromatic heterocycles. The molecule has 0 fully saturated rings. The third-order valence-corrected chi connectivity index (χ3v) is 2.62. The van der Waals surface area contributed by atoms with Crippen LogP contribution in [0.5, 0.6) is 0 Å². The lowest BCUT2D eigenvalue weighted by molar-refractivity contribution is -0.110. The van der Waals surface area contributed by atoms with Gasteiger partial charge in [-0.2, -0.15) is 9.82 Å². The van der Waals surface area contributed by atoms with Crippen molar-refractivity contribution in [2.24, 2.45) is 10.4 Å². The van der Waals surface area contributed by atoms with Crippen molar-refractivity contribution in [2.45, 2.75) is 0 Å². The molecule has 1 aliphatic carbocycles. The molecule has 0 aliphatic heterocycles. The number of ketones is 2. The maximum atomic E-state index is 11.2. The van der Waals surface area contributed by atoms with Crippen LogP contribution in [0.15, 0.2) is 40.8 Å². The molecular weight excluding hydrogens is 314 g/mol. The summed E-state index contributed by atoms with van der Waals surface area (Å²) < 4.78 is 19.6. The van der Waals surface area contributed by atoms with Gasteiger partial charge in [-0.05, 0) is 11.6 Å². The molecule has 0 saturated heterocycles. The molecule has 0 spiro atoms. The Bertz CT molecular complexity index is 729. The Morgan fingerprint density at radius 2 is 1.68 bits per heavy atom. The molecule has 1 aromatic carbocycles. The van der Waals surface area contributed by atoms with E-state index in [0.29, 0.717) is 5.56 Å². The number of hydrogen-bond donors (Lipinski definition) is 0. The van der Waals surface area contributed by atoms with Crippen LogP contribution >= 0.6 is 0 Å². The largest absolute Gasteiger partial charge is 0.735 e. The first kappa shape index (κ1) is 16.9. The van der Waals surface area contributed by atoms with E-state index in [1.54, 1.807) is 18.2 Å². The number of fused-ring (bicyclic) bond motifs is 1. The lowest BCUT2D eigenvalue weighted by Crippen LogP contribution is -2.15. The highest BCUT2D eigenvalue weighted by Gasteiger charge is 2.19. The first-order valence-corrected chi connectivity index (χ1v) is 6.39. The molecule has 2 rings (SSSR count). The van der Waals surface area contributed by atoms with Crippen molar-refractivity contribution >= 4 is 28.9 Å². The molecule has 0 heterocycles. The predicted octanol–water partition coefficient (Wildman–Crippen LogP) is 2.00. The van der Waals surface area contributed by atoms with Gasteiger partial charge in [-0.25, -0.2) is 4.21 Å². The molecule has 22 heavy (non-hydrogen) atoms. The van der Waals surface area contributed by atoms with Gasteiger partial charge in [0.1, 0.15) is 0 Å². The normalized spacial score (nSPS) is 12.8. The first-order valence-electron chi connectivity index (χ1n) is 5.36. The Labute approximate surface area is 125 Å². The second-order valence-electron chi connectivity index (χ2n) is 3.44. The number of benzene rings is 1. The summed E-state index contributed by atoms with van der Waals surface area (Å²) in [5, 5.41) is 4.99. The standard InChI is InChI=1S/C10H6O2.HN7O2S/c11-9-6-5-7-3-1-2-4-8(7)10(9)12;1-3-5-7(6-4-2)10(8)9/h1-6H;(H,8,9)/p-1. The second-order valence-corrected chi connectivity index (χ2v) is 4.20. The van der Waals surface area contributed by atoms with E-state index < -0.39 is 22.8 Å². The quantitative estimate of drug-likeness (QED) is 0.207. The van der Waals surface area contributed by atoms with Crippen LogP contribution < -0.4 is 0 Å². The highest BCUT2D eigenvalue weighted by atomic mass is 32.2. The Kier molecular flexibility index (Phi) is 6.29. The van der Waals surface area contributed by atoms with Crippen molar-refractivity contribution < 1.29 is 18.4 Å². The highest BCUT2D eigenvalue weighted by molar-refractivity contribution is 7.76. The molecular formula is C10H6N7O4S-. The van der Waals surface area contributed by atoms with Gasteiger partial charge in [0.25, 0.3) is 0 Å². The van der Waals surface area contributed by atoms with Gasteiger partial charge in [0.2, 0.25) is 11.6 Å². The second kappa shape index (κ2) is 8.19. The van der Waals surface area contributed by atoms with Gasteiger partial charge >= 0.3 is 0 Å². The summed E-state index contributed by atoms with van der Waals surface area (Å²) >= 11 is -2.86. The van der Waals surface area contributed by atoms with Gasteiger partial charge in [0.15, 0.2) is 11.3 Å². The number of Topliss-reactive ketones (excluding diaryl/α,β-unsaturated/α-hetero) is 1. The van der Waals surface area contributed by atoms with Crippen LogP contribution in [0.1, 0.15) is 15.9 Å². The number of allylic oxidation sites excluding steroid dienone is 1. The Hall–Kier alpha value is -3.17. The van der Waals surface area contributed by atoms with Gasteiger partial charge < -0.3 is 4.55 Å². The number of rotatable bonds is 3. The van der Waals surface area contributed by atoms with Crippen LogP contribution in [0, 0.1) is 0 Å². The van der Waals surface area contributed by atoms with E-state index >= 15 is 0 Å². The summed E-state index contributed by atoms with van der Waals surface area (Å²) in [7, 11) is 0. The van der Waals surface area contributed by atoms with Crippen molar-refractivity contribution in [2.75, 3.05) is 0 Å². The zero-order chi connectivity index (χ0) is 16.5. The smallest absolute Gasteiger partial charge is 0.233 e. The van der Waals surface area contributed by atoms with Crippen LogP contribution in [-0.4, -0.2) is 24.9 Å². The van der Waals surface area contributed by atoms with Gasteiger partial charge in [0.05, 0.1) is 0 Å². The average molecular weight is 320 g/mol. The summed E-state index contributed by atoms with van der Waals surface area (Å²) in [5.41, 5.74) is 16.7. The fourth-order valence-corrected chi connectivity index (χ4v) is 1.55. The minimum Gasteiger partial charge on any atom is -0.735 e. The maximum Gasteiger partial charge on any atom is 0.233 e. The number of carbonyl (C=O) groups excluding carboxylic acids is 2. The van der Waals surface area contributed by atoms with Crippen molar-refractivity contribution in [3.63, 3.8) is 0 Å². The minimum absolute atomic E-state index is 0.139. The van der Waals surface area contributed by atoms with Crippen LogP contribution in [-0.2, 0) is 16.1 Å². The molecule has 12 heteroatoms. The molecule has 1 aliphatic rings. The van der Waals surface area contributed by atoms with Gasteiger partial charge in [-0.1, -0.05) is 34.9 Å². The first-order chi connectivity index (χ1) is 10.5. The van der Waals surface area contributed by atoms with Crippen molar-refractivity contribution in [3.8, 4) is 0 Å². The molecule has 11 nitrogen and oxygen atoms in total. The molecule has 0 N–H and O–H groups in total. The van der Waals surface area contributed by atoms with E-state index in [1.807, 2.05) is 12.1 Å². The summed E-state index contributed by atoms with van der Waals surface area (Å²) in [6.07, 6.45) is 2.98. The fourth-order valence-electron chi connectivity index (χ4n) is 1.37. The zero-order valence-corrected chi connectivity index (χ0v) is 11.5. The van der Waals surface area contributed by atoms with Gasteiger partial charge in [0, 0.05) is 16.0 Å². The van der Waals surface area contributed by atoms with E-state index in [2.05, 4.69) is 20.3 Å². The van der Waals surface area contributed by atoms with Crippen LogP contribution in [0.25, 0.3) is 27.0 Å². The van der Waals surface area contributed by atoms with E-state index in [-0.39, 0.29) is 4.52 Å².